The Morgan fingerprint density at radius 2 is 1.79 bits per heavy atom. The van der Waals surface area contributed by atoms with Crippen LogP contribution in [-0.4, -0.2) is 13.1 Å². The van der Waals surface area contributed by atoms with Crippen LogP contribution in [0.2, 0.25) is 5.02 Å². The molecule has 0 aliphatic rings. The van der Waals surface area contributed by atoms with Crippen molar-refractivity contribution in [1.29, 1.82) is 0 Å². The minimum Gasteiger partial charge on any atom is -0.465 e. The zero-order chi connectivity index (χ0) is 13.8. The van der Waals surface area contributed by atoms with Gasteiger partial charge in [0.1, 0.15) is 5.56 Å². The summed E-state index contributed by atoms with van der Waals surface area (Å²) in [7, 11) is 1.30. The molecule has 0 radical (unpaired) electrons. The van der Waals surface area contributed by atoms with Gasteiger partial charge in [0, 0.05) is 16.1 Å². The van der Waals surface area contributed by atoms with E-state index in [1.807, 2.05) is 18.2 Å². The number of halogens is 1. The SMILES string of the molecule is COC(=O)c1cccc(-c2ccccc2Cl)c1ON. The first-order valence-electron chi connectivity index (χ1n) is 5.52. The second-order valence-corrected chi connectivity index (χ2v) is 4.18. The number of carbonyl (C=O) groups is 1. The Hall–Kier alpha value is -2.04. The molecule has 0 atom stereocenters. The molecule has 0 saturated carbocycles. The lowest BCUT2D eigenvalue weighted by Crippen LogP contribution is -2.10. The standard InChI is InChI=1S/C14H12ClNO3/c1-18-14(17)11-7-4-6-10(13(11)19-16)9-5-2-3-8-12(9)15/h2-8H,16H2,1H3. The number of para-hydroxylation sites is 1. The van der Waals surface area contributed by atoms with Crippen LogP contribution >= 0.6 is 11.6 Å². The molecule has 0 heterocycles. The molecule has 0 aliphatic carbocycles. The molecule has 0 bridgehead atoms. The lowest BCUT2D eigenvalue weighted by molar-refractivity contribution is 0.0596. The first-order valence-corrected chi connectivity index (χ1v) is 5.89. The monoisotopic (exact) mass is 277 g/mol. The van der Waals surface area contributed by atoms with Crippen LogP contribution in [0.5, 0.6) is 5.75 Å². The van der Waals surface area contributed by atoms with E-state index in [4.69, 9.17) is 27.1 Å². The van der Waals surface area contributed by atoms with Crippen molar-refractivity contribution in [2.24, 2.45) is 5.90 Å². The summed E-state index contributed by atoms with van der Waals surface area (Å²) in [5.74, 6) is 5.00. The van der Waals surface area contributed by atoms with Crippen molar-refractivity contribution >= 4 is 17.6 Å². The molecule has 0 spiro atoms. The van der Waals surface area contributed by atoms with Gasteiger partial charge < -0.3 is 9.57 Å². The first kappa shape index (κ1) is 13.4. The number of methoxy groups -OCH3 is 1. The average molecular weight is 278 g/mol. The Morgan fingerprint density at radius 3 is 2.42 bits per heavy atom. The number of hydrogen-bond donors (Lipinski definition) is 1. The number of esters is 1. The van der Waals surface area contributed by atoms with Crippen molar-refractivity contribution in [3.63, 3.8) is 0 Å². The Bertz CT molecular complexity index is 613. The molecule has 19 heavy (non-hydrogen) atoms. The van der Waals surface area contributed by atoms with Gasteiger partial charge >= 0.3 is 5.97 Å². The van der Waals surface area contributed by atoms with E-state index in [1.165, 1.54) is 7.11 Å². The molecule has 98 valence electrons. The molecule has 4 nitrogen and oxygen atoms in total. The molecule has 5 heteroatoms. The van der Waals surface area contributed by atoms with Crippen molar-refractivity contribution in [1.82, 2.24) is 0 Å². The van der Waals surface area contributed by atoms with Crippen LogP contribution in [0, 0.1) is 0 Å². The maximum Gasteiger partial charge on any atom is 0.341 e. The number of carbonyl (C=O) groups excluding carboxylic acids is 1. The van der Waals surface area contributed by atoms with Gasteiger partial charge in [0.2, 0.25) is 0 Å². The van der Waals surface area contributed by atoms with Crippen molar-refractivity contribution in [3.8, 4) is 16.9 Å². The fourth-order valence-corrected chi connectivity index (χ4v) is 2.06. The highest BCUT2D eigenvalue weighted by molar-refractivity contribution is 6.33. The summed E-state index contributed by atoms with van der Waals surface area (Å²) in [5, 5.41) is 0.544. The third-order valence-electron chi connectivity index (χ3n) is 2.70. The molecular formula is C14H12ClNO3. The van der Waals surface area contributed by atoms with Crippen molar-refractivity contribution in [3.05, 3.63) is 53.1 Å². The van der Waals surface area contributed by atoms with Crippen LogP contribution in [0.15, 0.2) is 42.5 Å². The summed E-state index contributed by atoms with van der Waals surface area (Å²) < 4.78 is 4.69. The highest BCUT2D eigenvalue weighted by Crippen LogP contribution is 2.36. The normalized spacial score (nSPS) is 10.1. The third kappa shape index (κ3) is 2.54. The molecule has 2 N–H and O–H groups in total. The number of rotatable bonds is 3. The highest BCUT2D eigenvalue weighted by Gasteiger charge is 2.18. The molecule has 0 aliphatic heterocycles. The van der Waals surface area contributed by atoms with Crippen LogP contribution in [0.3, 0.4) is 0 Å². The van der Waals surface area contributed by atoms with Gasteiger partial charge in [-0.2, -0.15) is 5.90 Å². The second-order valence-electron chi connectivity index (χ2n) is 3.77. The summed E-state index contributed by atoms with van der Waals surface area (Å²) in [6, 6.07) is 12.3. The van der Waals surface area contributed by atoms with E-state index in [-0.39, 0.29) is 11.3 Å². The van der Waals surface area contributed by atoms with Crippen LogP contribution in [0.1, 0.15) is 10.4 Å². The minimum absolute atomic E-state index is 0.238. The number of nitrogens with two attached hydrogens (primary N) is 1. The molecule has 0 saturated heterocycles. The van der Waals surface area contributed by atoms with E-state index in [0.29, 0.717) is 10.6 Å². The maximum absolute atomic E-state index is 11.7. The Kier molecular flexibility index (Phi) is 4.04. The second kappa shape index (κ2) is 5.73. The van der Waals surface area contributed by atoms with Gasteiger partial charge in [-0.25, -0.2) is 4.79 Å². The van der Waals surface area contributed by atoms with Crippen LogP contribution in [-0.2, 0) is 4.74 Å². The smallest absolute Gasteiger partial charge is 0.341 e. The van der Waals surface area contributed by atoms with Gasteiger partial charge in [0.05, 0.1) is 7.11 Å². The molecule has 2 aromatic rings. The molecule has 2 aromatic carbocycles. The van der Waals surface area contributed by atoms with Gasteiger partial charge in [0.25, 0.3) is 0 Å². The highest BCUT2D eigenvalue weighted by atomic mass is 35.5. The van der Waals surface area contributed by atoms with Crippen LogP contribution in [0.4, 0.5) is 0 Å². The average Bonchev–Trinajstić information content (AvgIpc) is 2.46. The van der Waals surface area contributed by atoms with Crippen molar-refractivity contribution in [2.75, 3.05) is 7.11 Å². The van der Waals surface area contributed by atoms with Gasteiger partial charge in [-0.1, -0.05) is 41.9 Å². The molecule has 0 unspecified atom stereocenters. The first-order chi connectivity index (χ1) is 9.19. The van der Waals surface area contributed by atoms with Crippen LogP contribution in [0.25, 0.3) is 11.1 Å². The van der Waals surface area contributed by atoms with E-state index in [0.717, 1.165) is 5.56 Å². The number of ether oxygens (including phenoxy) is 1. The molecule has 0 fully saturated rings. The fourth-order valence-electron chi connectivity index (χ4n) is 1.83. The van der Waals surface area contributed by atoms with Gasteiger partial charge in [0.15, 0.2) is 5.75 Å². The van der Waals surface area contributed by atoms with Gasteiger partial charge in [-0.15, -0.1) is 0 Å². The van der Waals surface area contributed by atoms with Crippen molar-refractivity contribution < 1.29 is 14.4 Å². The Morgan fingerprint density at radius 1 is 1.11 bits per heavy atom. The summed E-state index contributed by atoms with van der Waals surface area (Å²) in [6.07, 6.45) is 0. The molecule has 0 amide bonds. The molecule has 2 rings (SSSR count). The number of benzene rings is 2. The number of hydrogen-bond acceptors (Lipinski definition) is 4. The van der Waals surface area contributed by atoms with E-state index in [2.05, 4.69) is 0 Å². The minimum atomic E-state index is -0.519. The van der Waals surface area contributed by atoms with Crippen molar-refractivity contribution in [2.45, 2.75) is 0 Å². The maximum atomic E-state index is 11.7. The van der Waals surface area contributed by atoms with E-state index in [1.54, 1.807) is 24.3 Å². The summed E-state index contributed by atoms with van der Waals surface area (Å²) in [5.41, 5.74) is 1.62. The zero-order valence-electron chi connectivity index (χ0n) is 10.2. The van der Waals surface area contributed by atoms with E-state index < -0.39 is 5.97 Å². The molecule has 0 aromatic heterocycles. The van der Waals surface area contributed by atoms with Gasteiger partial charge in [-0.3, -0.25) is 0 Å². The lowest BCUT2D eigenvalue weighted by atomic mass is 10.0. The Balaban J connectivity index is 2.65. The summed E-state index contributed by atoms with van der Waals surface area (Å²) in [4.78, 5) is 16.5. The quantitative estimate of drug-likeness (QED) is 0.692. The van der Waals surface area contributed by atoms with E-state index in [9.17, 15) is 4.79 Å². The van der Waals surface area contributed by atoms with E-state index >= 15 is 0 Å². The zero-order valence-corrected chi connectivity index (χ0v) is 11.0. The third-order valence-corrected chi connectivity index (χ3v) is 3.03. The van der Waals surface area contributed by atoms with Gasteiger partial charge in [-0.05, 0) is 12.1 Å². The van der Waals surface area contributed by atoms with Crippen LogP contribution < -0.4 is 10.7 Å². The topological polar surface area (TPSA) is 61.5 Å². The predicted molar refractivity (Wildman–Crippen MR) is 73.0 cm³/mol. The summed E-state index contributed by atoms with van der Waals surface area (Å²) in [6.45, 7) is 0. The lowest BCUT2D eigenvalue weighted by Gasteiger charge is -2.12. The largest absolute Gasteiger partial charge is 0.465 e. The predicted octanol–water partition coefficient (Wildman–Crippen LogP) is 3.05. The Labute approximate surface area is 115 Å². The fraction of sp³-hybridized carbons (Fsp3) is 0.0714. The molecular weight excluding hydrogens is 266 g/mol. The summed E-state index contributed by atoms with van der Waals surface area (Å²) >= 11 is 6.14.